The van der Waals surface area contributed by atoms with Crippen molar-refractivity contribution in [3.05, 3.63) is 12.2 Å². The molecule has 0 aliphatic carbocycles. The van der Waals surface area contributed by atoms with Crippen molar-refractivity contribution in [3.63, 3.8) is 0 Å². The molecule has 59 heavy (non-hydrogen) atoms. The molecule has 0 spiro atoms. The lowest BCUT2D eigenvalue weighted by atomic mass is 10.0. The largest absolute Gasteiger partial charge is 0.466 e. The van der Waals surface area contributed by atoms with Crippen LogP contribution in [-0.4, -0.2) is 47.4 Å². The highest BCUT2D eigenvalue weighted by Gasteiger charge is 2.18. The predicted octanol–water partition coefficient (Wildman–Crippen LogP) is 15.7. The number of carbonyl (C=O) groups is 2. The van der Waals surface area contributed by atoms with E-state index in [0.29, 0.717) is 19.4 Å². The van der Waals surface area contributed by atoms with Gasteiger partial charge in [-0.1, -0.05) is 257 Å². The summed E-state index contributed by atoms with van der Waals surface area (Å²) in [6.07, 6.45) is 56.6. The van der Waals surface area contributed by atoms with Crippen LogP contribution in [0.1, 0.15) is 290 Å². The van der Waals surface area contributed by atoms with Crippen LogP contribution in [0.5, 0.6) is 0 Å². The lowest BCUT2D eigenvalue weighted by Gasteiger charge is -2.20. The number of esters is 1. The summed E-state index contributed by atoms with van der Waals surface area (Å²) in [5, 5.41) is 22.9. The fourth-order valence-electron chi connectivity index (χ4n) is 8.22. The Hall–Kier alpha value is -1.40. The van der Waals surface area contributed by atoms with Gasteiger partial charge in [0.15, 0.2) is 0 Å². The Morgan fingerprint density at radius 1 is 0.458 bits per heavy atom. The minimum absolute atomic E-state index is 0.0104. The van der Waals surface area contributed by atoms with Crippen molar-refractivity contribution in [2.75, 3.05) is 13.2 Å². The van der Waals surface area contributed by atoms with Crippen LogP contribution in [0, 0.1) is 0 Å². The maximum atomic E-state index is 12.4. The molecule has 0 aromatic carbocycles. The number of aliphatic hydroxyl groups is 2. The third-order valence-electron chi connectivity index (χ3n) is 12.3. The second kappa shape index (κ2) is 49.3. The fraction of sp³-hybridized carbons (Fsp3) is 0.925. The van der Waals surface area contributed by atoms with Gasteiger partial charge in [0.1, 0.15) is 0 Å². The quantitative estimate of drug-likeness (QED) is 0.0322. The van der Waals surface area contributed by atoms with Crippen molar-refractivity contribution in [2.24, 2.45) is 0 Å². The van der Waals surface area contributed by atoms with E-state index in [2.05, 4.69) is 19.2 Å². The van der Waals surface area contributed by atoms with Gasteiger partial charge < -0.3 is 20.3 Å². The van der Waals surface area contributed by atoms with Gasteiger partial charge in [-0.2, -0.15) is 0 Å². The van der Waals surface area contributed by atoms with E-state index in [-0.39, 0.29) is 18.5 Å². The molecule has 6 nitrogen and oxygen atoms in total. The Kier molecular flexibility index (Phi) is 48.1. The summed E-state index contributed by atoms with van der Waals surface area (Å²) in [5.74, 6) is -0.0625. The number of hydrogen-bond acceptors (Lipinski definition) is 5. The summed E-state index contributed by atoms with van der Waals surface area (Å²) in [6.45, 7) is 4.88. The molecule has 0 aliphatic rings. The molecule has 0 saturated carbocycles. The van der Waals surface area contributed by atoms with Gasteiger partial charge in [0.2, 0.25) is 5.91 Å². The molecule has 3 N–H and O–H groups in total. The minimum atomic E-state index is -0.843. The van der Waals surface area contributed by atoms with Crippen LogP contribution in [0.4, 0.5) is 0 Å². The molecule has 0 aromatic heterocycles. The van der Waals surface area contributed by atoms with Gasteiger partial charge >= 0.3 is 5.97 Å². The number of unbranched alkanes of at least 4 members (excludes halogenated alkanes) is 38. The molecule has 2 unspecified atom stereocenters. The van der Waals surface area contributed by atoms with E-state index < -0.39 is 12.1 Å². The van der Waals surface area contributed by atoms with E-state index in [9.17, 15) is 19.8 Å². The van der Waals surface area contributed by atoms with Crippen LogP contribution in [0.25, 0.3) is 0 Å². The second-order valence-corrected chi connectivity index (χ2v) is 18.2. The summed E-state index contributed by atoms with van der Waals surface area (Å²) in [6, 6.07) is -0.626. The number of hydrogen-bond donors (Lipinski definition) is 3. The molecule has 0 aromatic rings. The van der Waals surface area contributed by atoms with Gasteiger partial charge in [-0.25, -0.2) is 0 Å². The van der Waals surface area contributed by atoms with Crippen LogP contribution < -0.4 is 5.32 Å². The molecule has 1 amide bonds. The second-order valence-electron chi connectivity index (χ2n) is 18.2. The number of aliphatic hydroxyl groups excluding tert-OH is 2. The highest BCUT2D eigenvalue weighted by Crippen LogP contribution is 2.17. The van der Waals surface area contributed by atoms with Crippen LogP contribution in [-0.2, 0) is 14.3 Å². The summed E-state index contributed by atoms with van der Waals surface area (Å²) in [5.41, 5.74) is 0. The van der Waals surface area contributed by atoms with Crippen molar-refractivity contribution in [3.8, 4) is 0 Å². The Labute approximate surface area is 368 Å². The lowest BCUT2D eigenvalue weighted by Crippen LogP contribution is -2.45. The van der Waals surface area contributed by atoms with Crippen LogP contribution in [0.2, 0.25) is 0 Å². The van der Waals surface area contributed by atoms with E-state index >= 15 is 0 Å². The summed E-state index contributed by atoms with van der Waals surface area (Å²) in [7, 11) is 0. The first kappa shape index (κ1) is 57.6. The monoisotopic (exact) mass is 834 g/mol. The van der Waals surface area contributed by atoms with Crippen molar-refractivity contribution in [1.29, 1.82) is 0 Å². The smallest absolute Gasteiger partial charge is 0.305 e. The molecule has 350 valence electrons. The van der Waals surface area contributed by atoms with Gasteiger partial charge in [-0.15, -0.1) is 0 Å². The number of nitrogens with one attached hydrogen (secondary N) is 1. The van der Waals surface area contributed by atoms with E-state index in [1.54, 1.807) is 6.08 Å². The molecule has 0 saturated heterocycles. The van der Waals surface area contributed by atoms with E-state index in [1.165, 1.54) is 225 Å². The van der Waals surface area contributed by atoms with Gasteiger partial charge in [0.05, 0.1) is 25.4 Å². The van der Waals surface area contributed by atoms with Crippen molar-refractivity contribution in [2.45, 2.75) is 302 Å². The number of allylic oxidation sites excluding steroid dienone is 1. The first-order chi connectivity index (χ1) is 29.0. The maximum absolute atomic E-state index is 12.4. The molecular weight excluding hydrogens is 731 g/mol. The average molecular weight is 834 g/mol. The molecular formula is C53H103NO5. The standard InChI is InChI=1S/C53H103NO5/c1-3-5-7-9-11-13-14-15-24-27-31-35-39-43-47-53(58)59-48-44-40-36-32-28-25-22-20-18-16-17-19-21-23-26-30-34-38-42-46-52(57)54-50(49-55)51(56)45-41-37-33-29-12-10-8-6-4-2/h41,45,50-51,55-56H,3-40,42-44,46-49H2,1-2H3,(H,54,57)/b45-41+. The third-order valence-corrected chi connectivity index (χ3v) is 12.3. The van der Waals surface area contributed by atoms with Crippen molar-refractivity contribution < 1.29 is 24.5 Å². The normalized spacial score (nSPS) is 12.7. The van der Waals surface area contributed by atoms with E-state index in [1.807, 2.05) is 6.08 Å². The predicted molar refractivity (Wildman–Crippen MR) is 255 cm³/mol. The highest BCUT2D eigenvalue weighted by atomic mass is 16.5. The van der Waals surface area contributed by atoms with Gasteiger partial charge in [-0.05, 0) is 32.1 Å². The average Bonchev–Trinajstić information content (AvgIpc) is 3.24. The molecule has 0 fully saturated rings. The van der Waals surface area contributed by atoms with Crippen LogP contribution in [0.3, 0.4) is 0 Å². The Balaban J connectivity index is 3.37. The zero-order valence-electron chi connectivity index (χ0n) is 39.7. The first-order valence-electron chi connectivity index (χ1n) is 26.5. The minimum Gasteiger partial charge on any atom is -0.466 e. The molecule has 2 atom stereocenters. The van der Waals surface area contributed by atoms with Gasteiger partial charge in [0.25, 0.3) is 0 Å². The zero-order chi connectivity index (χ0) is 43.0. The number of carbonyl (C=O) groups excluding carboxylic acids is 2. The highest BCUT2D eigenvalue weighted by molar-refractivity contribution is 5.76. The number of amides is 1. The SMILES string of the molecule is CCCCCCCCC/C=C/C(O)C(CO)NC(=O)CCCCCCCCCCCCCCCCCCCCCOC(=O)CCCCCCCCCCCCCCCC. The van der Waals surface area contributed by atoms with Gasteiger partial charge in [0, 0.05) is 12.8 Å². The fourth-order valence-corrected chi connectivity index (χ4v) is 8.22. The lowest BCUT2D eigenvalue weighted by molar-refractivity contribution is -0.143. The zero-order valence-corrected chi connectivity index (χ0v) is 39.7. The first-order valence-corrected chi connectivity index (χ1v) is 26.5. The molecule has 0 heterocycles. The Morgan fingerprint density at radius 3 is 1.15 bits per heavy atom. The number of rotatable bonds is 49. The molecule has 0 radical (unpaired) electrons. The van der Waals surface area contributed by atoms with Crippen LogP contribution in [0.15, 0.2) is 12.2 Å². The third kappa shape index (κ3) is 45.9. The van der Waals surface area contributed by atoms with Crippen molar-refractivity contribution >= 4 is 11.9 Å². The summed E-state index contributed by atoms with van der Waals surface area (Å²) in [4.78, 5) is 24.4. The molecule has 0 aliphatic heterocycles. The van der Waals surface area contributed by atoms with Crippen molar-refractivity contribution in [1.82, 2.24) is 5.32 Å². The summed E-state index contributed by atoms with van der Waals surface area (Å²) < 4.78 is 5.47. The number of ether oxygens (including phenoxy) is 1. The Morgan fingerprint density at radius 2 is 0.780 bits per heavy atom. The van der Waals surface area contributed by atoms with Crippen LogP contribution >= 0.6 is 0 Å². The summed E-state index contributed by atoms with van der Waals surface area (Å²) >= 11 is 0. The Bertz CT molecular complexity index is 878. The topological polar surface area (TPSA) is 95.9 Å². The van der Waals surface area contributed by atoms with Gasteiger partial charge in [-0.3, -0.25) is 9.59 Å². The van der Waals surface area contributed by atoms with E-state index in [4.69, 9.17) is 4.74 Å². The molecule has 0 rings (SSSR count). The van der Waals surface area contributed by atoms with E-state index in [0.717, 1.165) is 38.5 Å². The molecule has 0 bridgehead atoms. The maximum Gasteiger partial charge on any atom is 0.305 e. The molecule has 6 heteroatoms.